The second kappa shape index (κ2) is 5.12. The molecule has 18 heavy (non-hydrogen) atoms. The molecule has 0 unspecified atom stereocenters. The number of hydrogen-bond acceptors (Lipinski definition) is 2. The van der Waals surface area contributed by atoms with Crippen molar-refractivity contribution >= 4 is 11.9 Å². The van der Waals surface area contributed by atoms with E-state index in [9.17, 15) is 18.4 Å². The number of aliphatic carboxylic acids is 1. The van der Waals surface area contributed by atoms with Gasteiger partial charge in [-0.25, -0.2) is 8.78 Å². The first-order chi connectivity index (χ1) is 8.23. The SMILES string of the molecule is CC(C)(CC(=O)O)NC(=O)c1cccc(F)c1F. The van der Waals surface area contributed by atoms with Crippen molar-refractivity contribution in [3.05, 3.63) is 35.4 Å². The Hall–Kier alpha value is -1.98. The lowest BCUT2D eigenvalue weighted by atomic mass is 10.00. The minimum Gasteiger partial charge on any atom is -0.481 e. The lowest BCUT2D eigenvalue weighted by Gasteiger charge is -2.24. The van der Waals surface area contributed by atoms with Crippen LogP contribution < -0.4 is 5.32 Å². The number of carbonyl (C=O) groups excluding carboxylic acids is 1. The molecule has 1 aromatic rings. The van der Waals surface area contributed by atoms with Gasteiger partial charge in [-0.05, 0) is 26.0 Å². The highest BCUT2D eigenvalue weighted by molar-refractivity contribution is 5.95. The van der Waals surface area contributed by atoms with Gasteiger partial charge in [-0.1, -0.05) is 6.07 Å². The molecular weight excluding hydrogens is 244 g/mol. The number of carbonyl (C=O) groups is 2. The lowest BCUT2D eigenvalue weighted by Crippen LogP contribution is -2.45. The molecule has 0 atom stereocenters. The zero-order valence-electron chi connectivity index (χ0n) is 9.96. The molecule has 0 fully saturated rings. The molecule has 0 saturated carbocycles. The van der Waals surface area contributed by atoms with E-state index in [4.69, 9.17) is 5.11 Å². The summed E-state index contributed by atoms with van der Waals surface area (Å²) in [6.45, 7) is 2.96. The number of nitrogens with one attached hydrogen (secondary N) is 1. The van der Waals surface area contributed by atoms with Crippen molar-refractivity contribution in [3.8, 4) is 0 Å². The molecule has 6 heteroatoms. The van der Waals surface area contributed by atoms with E-state index in [0.717, 1.165) is 12.1 Å². The highest BCUT2D eigenvalue weighted by Gasteiger charge is 2.26. The third-order valence-electron chi connectivity index (χ3n) is 2.24. The predicted octanol–water partition coefficient (Wildman–Crippen LogP) is 1.95. The highest BCUT2D eigenvalue weighted by Crippen LogP contribution is 2.14. The van der Waals surface area contributed by atoms with Crippen LogP contribution in [0.5, 0.6) is 0 Å². The molecule has 0 aromatic heterocycles. The fourth-order valence-corrected chi connectivity index (χ4v) is 1.48. The Balaban J connectivity index is 2.89. The minimum atomic E-state index is -1.25. The second-order valence-electron chi connectivity index (χ2n) is 4.51. The topological polar surface area (TPSA) is 66.4 Å². The number of benzene rings is 1. The summed E-state index contributed by atoms with van der Waals surface area (Å²) in [5.41, 5.74) is -1.50. The van der Waals surface area contributed by atoms with Crippen LogP contribution in [0.4, 0.5) is 8.78 Å². The Labute approximate surface area is 103 Å². The van der Waals surface area contributed by atoms with Crippen LogP contribution in [-0.2, 0) is 4.79 Å². The van der Waals surface area contributed by atoms with E-state index in [0.29, 0.717) is 0 Å². The molecule has 0 aliphatic heterocycles. The molecule has 4 nitrogen and oxygen atoms in total. The fraction of sp³-hybridized carbons (Fsp3) is 0.333. The summed E-state index contributed by atoms with van der Waals surface area (Å²) in [6.07, 6.45) is -0.324. The summed E-state index contributed by atoms with van der Waals surface area (Å²) in [6, 6.07) is 3.23. The van der Waals surface area contributed by atoms with Crippen LogP contribution in [0.2, 0.25) is 0 Å². The minimum absolute atomic E-state index is 0.324. The van der Waals surface area contributed by atoms with Gasteiger partial charge in [-0.15, -0.1) is 0 Å². The Bertz CT molecular complexity index is 486. The van der Waals surface area contributed by atoms with Gasteiger partial charge in [0.25, 0.3) is 5.91 Å². The summed E-state index contributed by atoms with van der Waals surface area (Å²) >= 11 is 0. The fourth-order valence-electron chi connectivity index (χ4n) is 1.48. The van der Waals surface area contributed by atoms with Gasteiger partial charge in [0.05, 0.1) is 12.0 Å². The molecule has 0 aliphatic rings. The molecule has 98 valence electrons. The second-order valence-corrected chi connectivity index (χ2v) is 4.51. The van der Waals surface area contributed by atoms with Crippen molar-refractivity contribution in [2.75, 3.05) is 0 Å². The van der Waals surface area contributed by atoms with E-state index >= 15 is 0 Å². The number of carboxylic acids is 1. The highest BCUT2D eigenvalue weighted by atomic mass is 19.2. The average molecular weight is 257 g/mol. The van der Waals surface area contributed by atoms with E-state index < -0.39 is 34.6 Å². The predicted molar refractivity (Wildman–Crippen MR) is 60.2 cm³/mol. The number of amides is 1. The van der Waals surface area contributed by atoms with Gasteiger partial charge >= 0.3 is 5.97 Å². The normalized spacial score (nSPS) is 11.1. The first-order valence-corrected chi connectivity index (χ1v) is 5.21. The van der Waals surface area contributed by atoms with Crippen LogP contribution in [0.25, 0.3) is 0 Å². The molecule has 1 aromatic carbocycles. The molecule has 0 radical (unpaired) electrons. The molecule has 0 spiro atoms. The lowest BCUT2D eigenvalue weighted by molar-refractivity contribution is -0.138. The van der Waals surface area contributed by atoms with E-state index in [1.165, 1.54) is 19.9 Å². The molecule has 2 N–H and O–H groups in total. The third kappa shape index (κ3) is 3.51. The Morgan fingerprint density at radius 2 is 1.94 bits per heavy atom. The number of halogens is 2. The van der Waals surface area contributed by atoms with Crippen LogP contribution in [0.15, 0.2) is 18.2 Å². The van der Waals surface area contributed by atoms with Crippen LogP contribution in [0.3, 0.4) is 0 Å². The van der Waals surface area contributed by atoms with Gasteiger partial charge in [0.2, 0.25) is 0 Å². The van der Waals surface area contributed by atoms with E-state index in [1.54, 1.807) is 0 Å². The molecular formula is C12H13F2NO3. The Kier molecular flexibility index (Phi) is 4.00. The van der Waals surface area contributed by atoms with Crippen molar-refractivity contribution < 1.29 is 23.5 Å². The molecule has 0 aliphatic carbocycles. The average Bonchev–Trinajstić information content (AvgIpc) is 2.18. The van der Waals surface area contributed by atoms with Crippen LogP contribution in [0, 0.1) is 11.6 Å². The quantitative estimate of drug-likeness (QED) is 0.866. The van der Waals surface area contributed by atoms with Gasteiger partial charge in [0.1, 0.15) is 0 Å². The van der Waals surface area contributed by atoms with Crippen molar-refractivity contribution in [1.82, 2.24) is 5.32 Å². The zero-order chi connectivity index (χ0) is 13.9. The Morgan fingerprint density at radius 1 is 1.33 bits per heavy atom. The third-order valence-corrected chi connectivity index (χ3v) is 2.24. The van der Waals surface area contributed by atoms with E-state index in [1.807, 2.05) is 0 Å². The van der Waals surface area contributed by atoms with Crippen molar-refractivity contribution in [2.45, 2.75) is 25.8 Å². The maximum Gasteiger partial charge on any atom is 0.305 e. The monoisotopic (exact) mass is 257 g/mol. The Morgan fingerprint density at radius 3 is 2.50 bits per heavy atom. The summed E-state index contributed by atoms with van der Waals surface area (Å²) < 4.78 is 26.3. The molecule has 0 saturated heterocycles. The summed E-state index contributed by atoms with van der Waals surface area (Å²) in [5.74, 6) is -4.32. The number of hydrogen-bond donors (Lipinski definition) is 2. The van der Waals surface area contributed by atoms with E-state index in [-0.39, 0.29) is 6.42 Å². The van der Waals surface area contributed by atoms with E-state index in [2.05, 4.69) is 5.32 Å². The van der Waals surface area contributed by atoms with Gasteiger partial charge < -0.3 is 10.4 Å². The largest absolute Gasteiger partial charge is 0.481 e. The zero-order valence-corrected chi connectivity index (χ0v) is 9.96. The number of carboxylic acid groups (broad SMARTS) is 1. The molecule has 1 rings (SSSR count). The first-order valence-electron chi connectivity index (χ1n) is 5.21. The van der Waals surface area contributed by atoms with Gasteiger partial charge in [0, 0.05) is 5.54 Å². The summed E-state index contributed by atoms with van der Waals surface area (Å²) in [5, 5.41) is 11.0. The van der Waals surface area contributed by atoms with Gasteiger partial charge in [-0.3, -0.25) is 9.59 Å². The van der Waals surface area contributed by atoms with Crippen molar-refractivity contribution in [3.63, 3.8) is 0 Å². The van der Waals surface area contributed by atoms with Crippen molar-refractivity contribution in [2.24, 2.45) is 0 Å². The van der Waals surface area contributed by atoms with Crippen LogP contribution >= 0.6 is 0 Å². The summed E-state index contributed by atoms with van der Waals surface area (Å²) in [7, 11) is 0. The molecule has 1 amide bonds. The van der Waals surface area contributed by atoms with Crippen LogP contribution in [-0.4, -0.2) is 22.5 Å². The maximum atomic E-state index is 13.3. The summed E-state index contributed by atoms with van der Waals surface area (Å²) in [4.78, 5) is 22.3. The smallest absolute Gasteiger partial charge is 0.305 e. The number of rotatable bonds is 4. The molecule has 0 heterocycles. The van der Waals surface area contributed by atoms with Crippen LogP contribution in [0.1, 0.15) is 30.6 Å². The standard InChI is InChI=1S/C12H13F2NO3/c1-12(2,6-9(16)17)15-11(18)7-4-3-5-8(13)10(7)14/h3-5H,6H2,1-2H3,(H,15,18)(H,16,17). The first kappa shape index (κ1) is 14.1. The van der Waals surface area contributed by atoms with Gasteiger partial charge in [-0.2, -0.15) is 0 Å². The van der Waals surface area contributed by atoms with Gasteiger partial charge in [0.15, 0.2) is 11.6 Å². The maximum absolute atomic E-state index is 13.3. The van der Waals surface area contributed by atoms with Crippen molar-refractivity contribution in [1.29, 1.82) is 0 Å². The molecule has 0 bridgehead atoms.